The van der Waals surface area contributed by atoms with Crippen LogP contribution in [0.15, 0.2) is 144 Å². The van der Waals surface area contributed by atoms with Crippen molar-refractivity contribution in [2.75, 3.05) is 0 Å². The lowest BCUT2D eigenvalue weighted by atomic mass is 9.89. The predicted molar refractivity (Wildman–Crippen MR) is 180 cm³/mol. The standard InChI is InChI=1S/C39H30NOP/c41-42(30-13-3-1-4-14-30,31-15-5-2-6-16-31)32-23-19-29(20-24-32)37-35-25-21-27-11-7-9-17-33(27)38(35)40-39-34-18-10-8-12-28(34)22-26-36(37)39/h1-5,7-15,17-19,21-23,25-26H,6,16,20,24H2. The van der Waals surface area contributed by atoms with E-state index in [9.17, 15) is 0 Å². The van der Waals surface area contributed by atoms with Gasteiger partial charge in [0, 0.05) is 26.8 Å². The lowest BCUT2D eigenvalue weighted by Gasteiger charge is -2.28. The van der Waals surface area contributed by atoms with E-state index in [1.807, 2.05) is 30.3 Å². The molecule has 6 aromatic rings. The molecule has 3 heteroatoms. The number of hydrogen-bond donors (Lipinski definition) is 0. The molecule has 0 saturated carbocycles. The fraction of sp³-hybridized carbons (Fsp3) is 0.103. The average molecular weight is 560 g/mol. The fourth-order valence-electron chi connectivity index (χ4n) is 6.86. The largest absolute Gasteiger partial charge is 0.309 e. The quantitative estimate of drug-likeness (QED) is 0.122. The summed E-state index contributed by atoms with van der Waals surface area (Å²) in [6, 6.07) is 36.1. The Bertz CT molecular complexity index is 2130. The van der Waals surface area contributed by atoms with Crippen LogP contribution in [0, 0.1) is 0 Å². The first-order valence-electron chi connectivity index (χ1n) is 14.8. The monoisotopic (exact) mass is 559 g/mol. The summed E-state index contributed by atoms with van der Waals surface area (Å²) >= 11 is 0. The van der Waals surface area contributed by atoms with Crippen molar-refractivity contribution in [2.45, 2.75) is 25.7 Å². The molecule has 1 atom stereocenters. The second kappa shape index (κ2) is 10.1. The van der Waals surface area contributed by atoms with Gasteiger partial charge in [-0.05, 0) is 58.2 Å². The Kier molecular flexibility index (Phi) is 6.05. The number of aromatic nitrogens is 1. The van der Waals surface area contributed by atoms with Crippen LogP contribution in [-0.4, -0.2) is 4.98 Å². The number of allylic oxidation sites excluding steroid dienone is 8. The zero-order valence-electron chi connectivity index (χ0n) is 23.3. The van der Waals surface area contributed by atoms with Gasteiger partial charge >= 0.3 is 0 Å². The normalized spacial score (nSPS) is 16.8. The third-order valence-electron chi connectivity index (χ3n) is 8.93. The molecule has 0 spiro atoms. The molecule has 2 aliphatic rings. The van der Waals surface area contributed by atoms with Crippen molar-refractivity contribution in [1.29, 1.82) is 0 Å². The van der Waals surface area contributed by atoms with Crippen molar-refractivity contribution in [3.63, 3.8) is 0 Å². The lowest BCUT2D eigenvalue weighted by molar-refractivity contribution is 0.586. The number of nitrogens with zero attached hydrogens (tertiary/aromatic N) is 1. The molecule has 0 saturated heterocycles. The van der Waals surface area contributed by atoms with Crippen LogP contribution in [0.3, 0.4) is 0 Å². The zero-order valence-corrected chi connectivity index (χ0v) is 24.2. The minimum absolute atomic E-state index is 0.769. The SMILES string of the molecule is O=P(C1=CC=CCC1)(C1=CC=C(c2c3ccc4ccccc4c3nc3c2ccc2ccccc23)CC1)c1ccccc1. The molecule has 202 valence electrons. The van der Waals surface area contributed by atoms with Crippen LogP contribution in [0.4, 0.5) is 0 Å². The van der Waals surface area contributed by atoms with Gasteiger partial charge in [-0.3, -0.25) is 0 Å². The first-order chi connectivity index (χ1) is 20.7. The van der Waals surface area contributed by atoms with Crippen molar-refractivity contribution in [3.05, 3.63) is 150 Å². The predicted octanol–water partition coefficient (Wildman–Crippen LogP) is 10.7. The molecule has 5 aromatic carbocycles. The van der Waals surface area contributed by atoms with E-state index in [1.54, 1.807) is 0 Å². The van der Waals surface area contributed by atoms with Gasteiger partial charge in [0.25, 0.3) is 0 Å². The second-order valence-corrected chi connectivity index (χ2v) is 14.2. The van der Waals surface area contributed by atoms with E-state index in [1.165, 1.54) is 43.5 Å². The molecule has 42 heavy (non-hydrogen) atoms. The van der Waals surface area contributed by atoms with Crippen LogP contribution in [0.25, 0.3) is 48.9 Å². The van der Waals surface area contributed by atoms with E-state index in [0.29, 0.717) is 0 Å². The Labute approximate surface area is 245 Å². The molecule has 8 rings (SSSR count). The first kappa shape index (κ1) is 25.2. The number of benzene rings is 5. The van der Waals surface area contributed by atoms with Crippen molar-refractivity contribution in [2.24, 2.45) is 0 Å². The molecule has 1 unspecified atom stereocenters. The van der Waals surface area contributed by atoms with Crippen molar-refractivity contribution in [3.8, 4) is 0 Å². The molecule has 1 aromatic heterocycles. The van der Waals surface area contributed by atoms with Gasteiger partial charge in [0.2, 0.25) is 0 Å². The maximum atomic E-state index is 15.1. The summed E-state index contributed by atoms with van der Waals surface area (Å²) in [4.78, 5) is 5.34. The molecule has 0 radical (unpaired) electrons. The van der Waals surface area contributed by atoms with E-state index >= 15 is 4.57 Å². The summed E-state index contributed by atoms with van der Waals surface area (Å²) in [5.41, 5.74) is 4.60. The van der Waals surface area contributed by atoms with E-state index in [0.717, 1.165) is 52.6 Å². The molecular formula is C39H30NOP. The van der Waals surface area contributed by atoms with Crippen LogP contribution in [0.2, 0.25) is 0 Å². The molecule has 0 bridgehead atoms. The fourth-order valence-corrected chi connectivity index (χ4v) is 9.94. The smallest absolute Gasteiger partial charge is 0.163 e. The first-order valence-corrected chi connectivity index (χ1v) is 16.5. The third-order valence-corrected chi connectivity index (χ3v) is 12.3. The Morgan fingerprint density at radius 1 is 0.548 bits per heavy atom. The highest BCUT2D eigenvalue weighted by Crippen LogP contribution is 2.64. The summed E-state index contributed by atoms with van der Waals surface area (Å²) in [7, 11) is -2.89. The number of pyridine rings is 1. The highest BCUT2D eigenvalue weighted by molar-refractivity contribution is 7.79. The summed E-state index contributed by atoms with van der Waals surface area (Å²) < 4.78 is 15.1. The summed E-state index contributed by atoms with van der Waals surface area (Å²) in [5, 5.41) is 10.1. The summed E-state index contributed by atoms with van der Waals surface area (Å²) in [5.74, 6) is 0. The minimum atomic E-state index is -2.89. The molecule has 0 amide bonds. The van der Waals surface area contributed by atoms with Gasteiger partial charge in [-0.25, -0.2) is 4.98 Å². The van der Waals surface area contributed by atoms with Gasteiger partial charge in [0.1, 0.15) is 0 Å². The van der Waals surface area contributed by atoms with Crippen molar-refractivity contribution in [1.82, 2.24) is 4.98 Å². The van der Waals surface area contributed by atoms with Crippen LogP contribution < -0.4 is 5.30 Å². The van der Waals surface area contributed by atoms with E-state index in [2.05, 4.69) is 103 Å². The Morgan fingerprint density at radius 3 is 1.76 bits per heavy atom. The highest BCUT2D eigenvalue weighted by Gasteiger charge is 2.34. The van der Waals surface area contributed by atoms with Crippen molar-refractivity contribution >= 4 is 61.4 Å². The maximum absolute atomic E-state index is 15.1. The van der Waals surface area contributed by atoms with Gasteiger partial charge in [0.05, 0.1) is 11.0 Å². The van der Waals surface area contributed by atoms with Crippen molar-refractivity contribution < 1.29 is 4.57 Å². The molecule has 2 nitrogen and oxygen atoms in total. The van der Waals surface area contributed by atoms with Gasteiger partial charge < -0.3 is 4.57 Å². The average Bonchev–Trinajstić information content (AvgIpc) is 3.07. The van der Waals surface area contributed by atoms with Crippen LogP contribution in [0.5, 0.6) is 0 Å². The Hall–Kier alpha value is -4.52. The number of rotatable bonds is 4. The summed E-state index contributed by atoms with van der Waals surface area (Å²) in [6.07, 6.45) is 14.1. The van der Waals surface area contributed by atoms with Crippen LogP contribution in [-0.2, 0) is 4.57 Å². The van der Waals surface area contributed by atoms with Gasteiger partial charge in [-0.1, -0.05) is 134 Å². The Balaban J connectivity index is 1.38. The lowest BCUT2D eigenvalue weighted by Crippen LogP contribution is -2.11. The maximum Gasteiger partial charge on any atom is 0.163 e. The second-order valence-electron chi connectivity index (χ2n) is 11.3. The zero-order chi connectivity index (χ0) is 28.1. The van der Waals surface area contributed by atoms with E-state index in [-0.39, 0.29) is 0 Å². The minimum Gasteiger partial charge on any atom is -0.309 e. The molecular weight excluding hydrogens is 529 g/mol. The highest BCUT2D eigenvalue weighted by atomic mass is 31.2. The number of hydrogen-bond acceptors (Lipinski definition) is 2. The number of fused-ring (bicyclic) bond motifs is 6. The molecule has 0 N–H and O–H groups in total. The molecule has 2 aliphatic carbocycles. The third kappa shape index (κ3) is 3.94. The van der Waals surface area contributed by atoms with E-state index in [4.69, 9.17) is 4.98 Å². The summed E-state index contributed by atoms with van der Waals surface area (Å²) in [6.45, 7) is 0. The van der Waals surface area contributed by atoms with E-state index < -0.39 is 7.14 Å². The van der Waals surface area contributed by atoms with Crippen LogP contribution >= 0.6 is 7.14 Å². The van der Waals surface area contributed by atoms with Gasteiger partial charge in [-0.2, -0.15) is 0 Å². The van der Waals surface area contributed by atoms with Crippen LogP contribution in [0.1, 0.15) is 31.2 Å². The molecule has 0 aliphatic heterocycles. The molecule has 0 fully saturated rings. The Morgan fingerprint density at radius 2 is 1.17 bits per heavy atom. The van der Waals surface area contributed by atoms with Gasteiger partial charge in [-0.15, -0.1) is 0 Å². The van der Waals surface area contributed by atoms with Gasteiger partial charge in [0.15, 0.2) is 7.14 Å². The molecule has 1 heterocycles. The topological polar surface area (TPSA) is 30.0 Å².